The third kappa shape index (κ3) is 3.58. The second kappa shape index (κ2) is 7.03. The van der Waals surface area contributed by atoms with Gasteiger partial charge in [0.25, 0.3) is 0 Å². The zero-order valence-corrected chi connectivity index (χ0v) is 14.6. The average molecular weight is 360 g/mol. The maximum atomic E-state index is 12.3. The molecule has 3 rings (SSSR count). The smallest absolute Gasteiger partial charge is 0.363 e. The van der Waals surface area contributed by atoms with E-state index in [1.165, 1.54) is 18.4 Å². The third-order valence-corrected chi connectivity index (χ3v) is 4.43. The van der Waals surface area contributed by atoms with Gasteiger partial charge < -0.3 is 9.47 Å². The third-order valence-electron chi connectivity index (χ3n) is 3.31. The van der Waals surface area contributed by atoms with E-state index in [2.05, 4.69) is 4.98 Å². The lowest BCUT2D eigenvalue weighted by molar-refractivity contribution is 0.0724. The minimum atomic E-state index is -0.526. The number of esters is 1. The van der Waals surface area contributed by atoms with E-state index < -0.39 is 5.97 Å². The molecule has 6 heteroatoms. The first-order valence-corrected chi connectivity index (χ1v) is 8.41. The van der Waals surface area contributed by atoms with Gasteiger partial charge in [-0.05, 0) is 36.8 Å². The number of thiazole rings is 1. The molecule has 24 heavy (non-hydrogen) atoms. The Hall–Kier alpha value is -2.37. The van der Waals surface area contributed by atoms with E-state index in [0.29, 0.717) is 21.5 Å². The first-order chi connectivity index (χ1) is 11.6. The zero-order valence-electron chi connectivity index (χ0n) is 13.1. The van der Waals surface area contributed by atoms with Crippen LogP contribution in [0.1, 0.15) is 16.1 Å². The van der Waals surface area contributed by atoms with Crippen LogP contribution in [0.25, 0.3) is 10.6 Å². The Balaban J connectivity index is 1.82. The molecule has 122 valence electrons. The van der Waals surface area contributed by atoms with Crippen molar-refractivity contribution in [2.45, 2.75) is 6.92 Å². The molecule has 0 saturated heterocycles. The van der Waals surface area contributed by atoms with Gasteiger partial charge in [0.05, 0.1) is 7.11 Å². The summed E-state index contributed by atoms with van der Waals surface area (Å²) >= 11 is 7.35. The fraction of sp³-hybridized carbons (Fsp3) is 0.111. The van der Waals surface area contributed by atoms with Crippen molar-refractivity contribution in [2.24, 2.45) is 0 Å². The normalized spacial score (nSPS) is 10.5. The minimum absolute atomic E-state index is 0.248. The van der Waals surface area contributed by atoms with Crippen LogP contribution in [-0.4, -0.2) is 18.1 Å². The summed E-state index contributed by atoms with van der Waals surface area (Å²) in [6.45, 7) is 1.94. The number of ether oxygens (including phenoxy) is 2. The first kappa shape index (κ1) is 16.5. The number of carbonyl (C=O) groups excluding carboxylic acids is 1. The van der Waals surface area contributed by atoms with Crippen LogP contribution in [0.15, 0.2) is 47.8 Å². The predicted octanol–water partition coefficient (Wildman–Crippen LogP) is 5.00. The first-order valence-electron chi connectivity index (χ1n) is 7.15. The molecular formula is C18H14ClNO3S. The minimum Gasteiger partial charge on any atom is -0.493 e. The van der Waals surface area contributed by atoms with Crippen LogP contribution in [-0.2, 0) is 0 Å². The summed E-state index contributed by atoms with van der Waals surface area (Å²) in [5.74, 6) is 0.348. The van der Waals surface area contributed by atoms with E-state index in [-0.39, 0.29) is 5.69 Å². The summed E-state index contributed by atoms with van der Waals surface area (Å²) in [6, 6.07) is 12.7. The molecule has 0 fully saturated rings. The van der Waals surface area contributed by atoms with Crippen LogP contribution >= 0.6 is 22.9 Å². The molecule has 0 atom stereocenters. The molecule has 0 aliphatic carbocycles. The molecule has 1 aromatic heterocycles. The number of benzene rings is 2. The van der Waals surface area contributed by atoms with Crippen molar-refractivity contribution in [3.63, 3.8) is 0 Å². The van der Waals surface area contributed by atoms with E-state index >= 15 is 0 Å². The number of rotatable bonds is 4. The van der Waals surface area contributed by atoms with Crippen molar-refractivity contribution in [1.29, 1.82) is 0 Å². The molecule has 0 aliphatic heterocycles. The molecule has 0 aliphatic rings. The summed E-state index contributed by atoms with van der Waals surface area (Å²) in [5, 5.41) is 3.00. The van der Waals surface area contributed by atoms with Crippen molar-refractivity contribution in [3.05, 3.63) is 64.1 Å². The Kier molecular flexibility index (Phi) is 4.83. The maximum Gasteiger partial charge on any atom is 0.363 e. The average Bonchev–Trinajstić information content (AvgIpc) is 3.06. The monoisotopic (exact) mass is 359 g/mol. The van der Waals surface area contributed by atoms with Crippen LogP contribution in [0, 0.1) is 6.92 Å². The Morgan fingerprint density at radius 3 is 2.75 bits per heavy atom. The van der Waals surface area contributed by atoms with Gasteiger partial charge in [-0.3, -0.25) is 0 Å². The lowest BCUT2D eigenvalue weighted by Gasteiger charge is -2.08. The standard InChI is InChI=1S/C18H14ClNO3S/c1-11-6-7-15(16(8-11)22-2)23-18(21)14-10-24-17(20-14)12-4-3-5-13(19)9-12/h3-10H,1-2H3. The van der Waals surface area contributed by atoms with Gasteiger partial charge in [0.15, 0.2) is 17.2 Å². The van der Waals surface area contributed by atoms with E-state index in [4.69, 9.17) is 21.1 Å². The molecule has 0 unspecified atom stereocenters. The maximum absolute atomic E-state index is 12.3. The Labute approximate surface area is 148 Å². The Bertz CT molecular complexity index is 891. The molecule has 3 aromatic rings. The number of hydrogen-bond acceptors (Lipinski definition) is 5. The van der Waals surface area contributed by atoms with Gasteiger partial charge in [0, 0.05) is 16.0 Å². The van der Waals surface area contributed by atoms with Crippen LogP contribution in [0.5, 0.6) is 11.5 Å². The van der Waals surface area contributed by atoms with Crippen LogP contribution < -0.4 is 9.47 Å². The molecule has 4 nitrogen and oxygen atoms in total. The summed E-state index contributed by atoms with van der Waals surface area (Å²) in [6.07, 6.45) is 0. The predicted molar refractivity (Wildman–Crippen MR) is 95.2 cm³/mol. The summed E-state index contributed by atoms with van der Waals surface area (Å²) in [5.41, 5.74) is 2.13. The van der Waals surface area contributed by atoms with E-state index in [9.17, 15) is 4.79 Å². The number of hydrogen-bond donors (Lipinski definition) is 0. The lowest BCUT2D eigenvalue weighted by Crippen LogP contribution is -2.09. The van der Waals surface area contributed by atoms with Gasteiger partial charge in [0.2, 0.25) is 0 Å². The second-order valence-corrected chi connectivity index (χ2v) is 6.39. The highest BCUT2D eigenvalue weighted by molar-refractivity contribution is 7.13. The van der Waals surface area contributed by atoms with Crippen molar-refractivity contribution in [2.75, 3.05) is 7.11 Å². The topological polar surface area (TPSA) is 48.4 Å². The summed E-state index contributed by atoms with van der Waals surface area (Å²) in [4.78, 5) is 16.7. The number of methoxy groups -OCH3 is 1. The van der Waals surface area contributed by atoms with Crippen molar-refractivity contribution in [1.82, 2.24) is 4.98 Å². The SMILES string of the molecule is COc1cc(C)ccc1OC(=O)c1csc(-c2cccc(Cl)c2)n1. The molecule has 0 bridgehead atoms. The molecule has 1 heterocycles. The van der Waals surface area contributed by atoms with E-state index in [1.807, 2.05) is 25.1 Å². The van der Waals surface area contributed by atoms with Gasteiger partial charge >= 0.3 is 5.97 Å². The molecule has 2 aromatic carbocycles. The highest BCUT2D eigenvalue weighted by atomic mass is 35.5. The van der Waals surface area contributed by atoms with Gasteiger partial charge in [-0.2, -0.15) is 0 Å². The number of nitrogens with zero attached hydrogens (tertiary/aromatic N) is 1. The molecule has 0 spiro atoms. The largest absolute Gasteiger partial charge is 0.493 e. The number of aromatic nitrogens is 1. The lowest BCUT2D eigenvalue weighted by atomic mass is 10.2. The quantitative estimate of drug-likeness (QED) is 0.486. The van der Waals surface area contributed by atoms with Crippen LogP contribution in [0.4, 0.5) is 0 Å². The van der Waals surface area contributed by atoms with Gasteiger partial charge in [-0.25, -0.2) is 9.78 Å². The molecular weight excluding hydrogens is 346 g/mol. The van der Waals surface area contributed by atoms with Crippen molar-refractivity contribution < 1.29 is 14.3 Å². The van der Waals surface area contributed by atoms with Gasteiger partial charge in [0.1, 0.15) is 5.01 Å². The molecule has 0 saturated carbocycles. The van der Waals surface area contributed by atoms with E-state index in [1.54, 1.807) is 29.6 Å². The zero-order chi connectivity index (χ0) is 17.1. The van der Waals surface area contributed by atoms with Crippen LogP contribution in [0.2, 0.25) is 5.02 Å². The summed E-state index contributed by atoms with van der Waals surface area (Å²) in [7, 11) is 1.53. The summed E-state index contributed by atoms with van der Waals surface area (Å²) < 4.78 is 10.6. The van der Waals surface area contributed by atoms with Gasteiger partial charge in [-0.1, -0.05) is 29.8 Å². The van der Waals surface area contributed by atoms with Gasteiger partial charge in [-0.15, -0.1) is 11.3 Å². The second-order valence-electron chi connectivity index (χ2n) is 5.09. The van der Waals surface area contributed by atoms with Crippen LogP contribution in [0.3, 0.4) is 0 Å². The number of halogens is 1. The van der Waals surface area contributed by atoms with E-state index in [0.717, 1.165) is 11.1 Å². The number of carbonyl (C=O) groups is 1. The molecule has 0 amide bonds. The highest BCUT2D eigenvalue weighted by Gasteiger charge is 2.16. The molecule has 0 radical (unpaired) electrons. The molecule has 0 N–H and O–H groups in total. The number of aryl methyl sites for hydroxylation is 1. The van der Waals surface area contributed by atoms with Crippen molar-refractivity contribution >= 4 is 28.9 Å². The Morgan fingerprint density at radius 2 is 2.00 bits per heavy atom. The fourth-order valence-corrected chi connectivity index (χ4v) is 3.11. The van der Waals surface area contributed by atoms with Crippen molar-refractivity contribution in [3.8, 4) is 22.1 Å². The Morgan fingerprint density at radius 1 is 1.17 bits per heavy atom. The fourth-order valence-electron chi connectivity index (χ4n) is 2.13. The highest BCUT2D eigenvalue weighted by Crippen LogP contribution is 2.30.